The standard InChI is InChI=1S/C30H39ClFN3O3S/c1-7-18(3)28(36)30(4,5)25(22-13-14-23(35(34)8-2)27(33)26(22)32)24-15-20(29(31)39-24)17-38-16-19-9-11-21(37-6)12-10-19/h9-15,18,25H,7-8,16-17,33-34H2,1-6H3. The Bertz CT molecular complexity index is 1280. The summed E-state index contributed by atoms with van der Waals surface area (Å²) in [5.41, 5.74) is 7.77. The van der Waals surface area contributed by atoms with Gasteiger partial charge in [-0.1, -0.05) is 57.5 Å². The Balaban J connectivity index is 1.99. The molecule has 2 unspecified atom stereocenters. The van der Waals surface area contributed by atoms with E-state index in [0.29, 0.717) is 35.2 Å². The molecule has 4 N–H and O–H groups in total. The molecule has 0 spiro atoms. The fourth-order valence-corrected chi connectivity index (χ4v) is 6.34. The van der Waals surface area contributed by atoms with Crippen molar-refractivity contribution in [3.63, 3.8) is 0 Å². The number of halogens is 2. The van der Waals surface area contributed by atoms with Crippen LogP contribution in [0.5, 0.6) is 5.75 Å². The van der Waals surface area contributed by atoms with E-state index in [2.05, 4.69) is 0 Å². The molecule has 0 aliphatic heterocycles. The van der Waals surface area contributed by atoms with Crippen molar-refractivity contribution in [2.45, 2.75) is 60.2 Å². The molecular formula is C30H39ClFN3O3S. The average Bonchev–Trinajstić information content (AvgIpc) is 3.29. The molecule has 0 bridgehead atoms. The summed E-state index contributed by atoms with van der Waals surface area (Å²) in [4.78, 5) is 14.4. The molecule has 1 heterocycles. The molecule has 0 saturated carbocycles. The first-order valence-electron chi connectivity index (χ1n) is 13.1. The summed E-state index contributed by atoms with van der Waals surface area (Å²) in [5.74, 6) is 5.47. The number of Topliss-reactive ketones (excluding diaryl/α,β-unsaturated/α-hetero) is 1. The number of ether oxygens (including phenoxy) is 2. The normalized spacial score (nSPS) is 13.3. The first-order valence-corrected chi connectivity index (χ1v) is 14.3. The molecule has 9 heteroatoms. The van der Waals surface area contributed by atoms with Gasteiger partial charge >= 0.3 is 0 Å². The van der Waals surface area contributed by atoms with E-state index >= 15 is 4.39 Å². The molecule has 39 heavy (non-hydrogen) atoms. The number of rotatable bonds is 13. The number of anilines is 2. The fourth-order valence-electron chi connectivity index (χ4n) is 4.77. The van der Waals surface area contributed by atoms with E-state index in [1.54, 1.807) is 19.2 Å². The number of thiophene rings is 1. The van der Waals surface area contributed by atoms with Crippen molar-refractivity contribution in [3.8, 4) is 5.75 Å². The van der Waals surface area contributed by atoms with Gasteiger partial charge in [0.2, 0.25) is 0 Å². The Labute approximate surface area is 240 Å². The Morgan fingerprint density at radius 3 is 2.41 bits per heavy atom. The molecule has 3 aromatic rings. The first-order chi connectivity index (χ1) is 18.5. The highest BCUT2D eigenvalue weighted by Gasteiger charge is 2.43. The Kier molecular flexibility index (Phi) is 10.4. The topological polar surface area (TPSA) is 90.8 Å². The van der Waals surface area contributed by atoms with Crippen molar-refractivity contribution in [2.24, 2.45) is 17.2 Å². The van der Waals surface area contributed by atoms with Gasteiger partial charge in [-0.25, -0.2) is 10.2 Å². The van der Waals surface area contributed by atoms with Gasteiger partial charge in [0, 0.05) is 34.2 Å². The van der Waals surface area contributed by atoms with Gasteiger partial charge in [0.05, 0.1) is 36.0 Å². The molecule has 3 rings (SSSR count). The molecule has 2 aromatic carbocycles. The average molecular weight is 576 g/mol. The number of methoxy groups -OCH3 is 1. The number of benzene rings is 2. The molecule has 0 aliphatic rings. The molecule has 2 atom stereocenters. The van der Waals surface area contributed by atoms with Gasteiger partial charge in [0.1, 0.15) is 11.5 Å². The van der Waals surface area contributed by atoms with Crippen molar-refractivity contribution in [1.82, 2.24) is 0 Å². The van der Waals surface area contributed by atoms with Gasteiger partial charge in [-0.2, -0.15) is 0 Å². The lowest BCUT2D eigenvalue weighted by Gasteiger charge is -2.35. The van der Waals surface area contributed by atoms with Gasteiger partial charge in [-0.05, 0) is 48.7 Å². The van der Waals surface area contributed by atoms with Crippen molar-refractivity contribution in [3.05, 3.63) is 74.2 Å². The van der Waals surface area contributed by atoms with Crippen LogP contribution in [0.15, 0.2) is 42.5 Å². The van der Waals surface area contributed by atoms with E-state index < -0.39 is 17.2 Å². The third-order valence-electron chi connectivity index (χ3n) is 7.31. The molecule has 0 amide bonds. The molecule has 0 aliphatic carbocycles. The second-order valence-corrected chi connectivity index (χ2v) is 12.0. The van der Waals surface area contributed by atoms with E-state index in [4.69, 9.17) is 32.7 Å². The summed E-state index contributed by atoms with van der Waals surface area (Å²) < 4.78 is 27.6. The summed E-state index contributed by atoms with van der Waals surface area (Å²) in [5, 5.41) is 1.40. The largest absolute Gasteiger partial charge is 0.497 e. The Morgan fingerprint density at radius 1 is 1.15 bits per heavy atom. The zero-order valence-corrected chi connectivity index (χ0v) is 25.1. The number of hydrogen-bond donors (Lipinski definition) is 2. The Morgan fingerprint density at radius 2 is 1.82 bits per heavy atom. The minimum absolute atomic E-state index is 0.0423. The molecule has 0 radical (unpaired) electrons. The van der Waals surface area contributed by atoms with Gasteiger partial charge in [-0.3, -0.25) is 4.79 Å². The van der Waals surface area contributed by atoms with Crippen LogP contribution in [0, 0.1) is 17.2 Å². The predicted molar refractivity (Wildman–Crippen MR) is 159 cm³/mol. The van der Waals surface area contributed by atoms with Crippen LogP contribution < -0.4 is 21.3 Å². The monoisotopic (exact) mass is 575 g/mol. The summed E-state index contributed by atoms with van der Waals surface area (Å²) >= 11 is 8.01. The molecule has 0 fully saturated rings. The van der Waals surface area contributed by atoms with Crippen LogP contribution in [0.1, 0.15) is 68.5 Å². The third kappa shape index (κ3) is 6.74. The zero-order chi connectivity index (χ0) is 28.9. The van der Waals surface area contributed by atoms with Crippen LogP contribution in [-0.2, 0) is 22.7 Å². The van der Waals surface area contributed by atoms with Crippen LogP contribution in [0.2, 0.25) is 4.34 Å². The molecule has 6 nitrogen and oxygen atoms in total. The second-order valence-electron chi connectivity index (χ2n) is 10.3. The smallest absolute Gasteiger partial charge is 0.152 e. The Hall–Kier alpha value is -2.65. The van der Waals surface area contributed by atoms with Gasteiger partial charge < -0.3 is 20.2 Å². The lowest BCUT2D eigenvalue weighted by Crippen LogP contribution is -2.36. The SMILES string of the molecule is CCC(C)C(=O)C(C)(C)C(c1cc(COCc2ccc(OC)cc2)c(Cl)s1)c1ccc(N(N)CC)c(N)c1F. The summed E-state index contributed by atoms with van der Waals surface area (Å²) in [7, 11) is 1.62. The quantitative estimate of drug-likeness (QED) is 0.126. The number of nitrogens with zero attached hydrogens (tertiary/aromatic N) is 1. The number of carbonyl (C=O) groups excluding carboxylic acids is 1. The predicted octanol–water partition coefficient (Wildman–Crippen LogP) is 7.32. The van der Waals surface area contributed by atoms with Crippen molar-refractivity contribution in [1.29, 1.82) is 0 Å². The zero-order valence-electron chi connectivity index (χ0n) is 23.5. The first kappa shape index (κ1) is 30.9. The van der Waals surface area contributed by atoms with Crippen LogP contribution in [0.3, 0.4) is 0 Å². The van der Waals surface area contributed by atoms with Crippen molar-refractivity contribution < 1.29 is 18.7 Å². The lowest BCUT2D eigenvalue weighted by atomic mass is 9.68. The van der Waals surface area contributed by atoms with Gasteiger partial charge in [-0.15, -0.1) is 11.3 Å². The van der Waals surface area contributed by atoms with E-state index in [-0.39, 0.29) is 24.0 Å². The van der Waals surface area contributed by atoms with E-state index in [0.717, 1.165) is 21.8 Å². The van der Waals surface area contributed by atoms with Crippen molar-refractivity contribution in [2.75, 3.05) is 24.4 Å². The number of hydrazine groups is 1. The summed E-state index contributed by atoms with van der Waals surface area (Å²) in [6.45, 7) is 10.6. The van der Waals surface area contributed by atoms with Gasteiger partial charge in [0.15, 0.2) is 5.82 Å². The van der Waals surface area contributed by atoms with Gasteiger partial charge in [0.25, 0.3) is 0 Å². The fraction of sp³-hybridized carbons (Fsp3) is 0.433. The highest BCUT2D eigenvalue weighted by atomic mass is 35.5. The molecular weight excluding hydrogens is 537 g/mol. The maximum absolute atomic E-state index is 15.9. The highest BCUT2D eigenvalue weighted by molar-refractivity contribution is 7.16. The minimum Gasteiger partial charge on any atom is -0.497 e. The summed E-state index contributed by atoms with van der Waals surface area (Å²) in [6, 6.07) is 13.0. The molecule has 1 aromatic heterocycles. The van der Waals surface area contributed by atoms with E-state index in [9.17, 15) is 4.79 Å². The molecule has 0 saturated heterocycles. The van der Waals surface area contributed by atoms with Crippen LogP contribution >= 0.6 is 22.9 Å². The van der Waals surface area contributed by atoms with E-state index in [1.807, 2.05) is 65.0 Å². The van der Waals surface area contributed by atoms with Crippen LogP contribution in [0.25, 0.3) is 0 Å². The van der Waals surface area contributed by atoms with Crippen molar-refractivity contribution >= 4 is 40.1 Å². The van der Waals surface area contributed by atoms with E-state index in [1.165, 1.54) is 16.3 Å². The summed E-state index contributed by atoms with van der Waals surface area (Å²) in [6.07, 6.45) is 0.687. The second kappa shape index (κ2) is 13.1. The molecule has 212 valence electrons. The number of nitrogen functional groups attached to an aromatic ring is 1. The number of hydrogen-bond acceptors (Lipinski definition) is 7. The van der Waals surface area contributed by atoms with Crippen LogP contribution in [0.4, 0.5) is 15.8 Å². The lowest BCUT2D eigenvalue weighted by molar-refractivity contribution is -0.131. The number of ketones is 1. The maximum atomic E-state index is 15.9. The highest BCUT2D eigenvalue weighted by Crippen LogP contribution is 2.49. The number of nitrogens with two attached hydrogens (primary N) is 2. The van der Waals surface area contributed by atoms with Crippen LogP contribution in [-0.4, -0.2) is 19.4 Å². The maximum Gasteiger partial charge on any atom is 0.152 e. The third-order valence-corrected chi connectivity index (χ3v) is 8.82. The number of carbonyl (C=O) groups is 1. The minimum atomic E-state index is -0.938.